The van der Waals surface area contributed by atoms with Crippen LogP contribution in [0, 0.1) is 6.92 Å². The van der Waals surface area contributed by atoms with E-state index < -0.39 is 23.3 Å². The summed E-state index contributed by atoms with van der Waals surface area (Å²) in [5.41, 5.74) is 3.43. The van der Waals surface area contributed by atoms with E-state index in [0.717, 1.165) is 38.9 Å². The van der Waals surface area contributed by atoms with Gasteiger partial charge in [-0.05, 0) is 91.9 Å². The number of aromatic nitrogens is 1. The maximum absolute atomic E-state index is 13.1. The third-order valence-electron chi connectivity index (χ3n) is 7.96. The molecule has 0 aliphatic carbocycles. The van der Waals surface area contributed by atoms with Gasteiger partial charge in [0.15, 0.2) is 0 Å². The van der Waals surface area contributed by atoms with Gasteiger partial charge in [-0.2, -0.15) is 11.3 Å². The molecule has 0 bridgehead atoms. The molecule has 2 aromatic heterocycles. The van der Waals surface area contributed by atoms with Crippen molar-refractivity contribution in [3.8, 4) is 5.75 Å². The Labute approximate surface area is 250 Å². The highest BCUT2D eigenvalue weighted by Gasteiger charge is 2.41. The van der Waals surface area contributed by atoms with Gasteiger partial charge < -0.3 is 19.3 Å². The van der Waals surface area contributed by atoms with Gasteiger partial charge in [0.2, 0.25) is 0 Å². The number of piperidine rings is 1. The standard InChI is InChI=1S/C33H38N2O6S/c1-21-17-28(39-5)26(25-11-14-35(29(21)25)31(37)41-32(2,3)4)19-34-15-13-33(38,24-12-16-42-20-24)18-27(34)22-7-9-23(10-8-22)30(36)40-6/h7-12,14,16-17,20,27,38H,13,15,18-19H2,1-6H3/t27-,33?/m0/s1. The highest BCUT2D eigenvalue weighted by molar-refractivity contribution is 7.08. The SMILES string of the molecule is COC(=O)c1ccc([C@@H]2CC(O)(c3ccsc3)CCN2Cc2c(OC)cc(C)c3c2ccn3C(=O)OC(C)(C)C)cc1. The van der Waals surface area contributed by atoms with E-state index in [0.29, 0.717) is 31.5 Å². The van der Waals surface area contributed by atoms with Crippen molar-refractivity contribution in [2.24, 2.45) is 0 Å². The summed E-state index contributed by atoms with van der Waals surface area (Å²) in [6.45, 7) is 8.67. The number of aliphatic hydroxyl groups is 1. The summed E-state index contributed by atoms with van der Waals surface area (Å²) in [6.07, 6.45) is 2.37. The third-order valence-corrected chi connectivity index (χ3v) is 8.64. The molecular weight excluding hydrogens is 552 g/mol. The van der Waals surface area contributed by atoms with E-state index in [4.69, 9.17) is 14.2 Å². The number of benzene rings is 2. The lowest BCUT2D eigenvalue weighted by Gasteiger charge is -2.44. The minimum atomic E-state index is -0.977. The zero-order valence-corrected chi connectivity index (χ0v) is 25.8. The summed E-state index contributed by atoms with van der Waals surface area (Å²) in [5, 5.41) is 16.7. The number of hydrogen-bond acceptors (Lipinski definition) is 8. The molecule has 5 rings (SSSR count). The first-order valence-corrected chi connectivity index (χ1v) is 15.0. The van der Waals surface area contributed by atoms with Gasteiger partial charge in [-0.15, -0.1) is 0 Å². The number of aryl methyl sites for hydroxylation is 1. The van der Waals surface area contributed by atoms with Crippen LogP contribution in [0.4, 0.5) is 4.79 Å². The second kappa shape index (κ2) is 11.6. The number of fused-ring (bicyclic) bond motifs is 1. The molecule has 0 radical (unpaired) electrons. The molecule has 1 aliphatic heterocycles. The fourth-order valence-electron chi connectivity index (χ4n) is 5.88. The summed E-state index contributed by atoms with van der Waals surface area (Å²) < 4.78 is 18.0. The summed E-state index contributed by atoms with van der Waals surface area (Å²) in [5.74, 6) is 0.346. The Balaban J connectivity index is 1.55. The first kappa shape index (κ1) is 29.8. The second-order valence-corrected chi connectivity index (χ2v) is 12.7. The average Bonchev–Trinajstić information content (AvgIpc) is 3.66. The molecule has 4 aromatic rings. The molecule has 0 amide bonds. The molecule has 1 fully saturated rings. The summed E-state index contributed by atoms with van der Waals surface area (Å²) in [4.78, 5) is 27.5. The van der Waals surface area contributed by atoms with Crippen LogP contribution in [0.2, 0.25) is 0 Å². The van der Waals surface area contributed by atoms with Crippen molar-refractivity contribution in [3.05, 3.63) is 87.2 Å². The summed E-state index contributed by atoms with van der Waals surface area (Å²) >= 11 is 1.57. The zero-order valence-electron chi connectivity index (χ0n) is 25.0. The van der Waals surface area contributed by atoms with Crippen LogP contribution in [0.1, 0.15) is 72.3 Å². The molecule has 42 heavy (non-hydrogen) atoms. The lowest BCUT2D eigenvalue weighted by Crippen LogP contribution is -2.44. The van der Waals surface area contributed by atoms with Crippen molar-refractivity contribution in [1.29, 1.82) is 0 Å². The van der Waals surface area contributed by atoms with Crippen molar-refractivity contribution in [2.75, 3.05) is 20.8 Å². The number of carbonyl (C=O) groups is 2. The van der Waals surface area contributed by atoms with Crippen LogP contribution in [0.15, 0.2) is 59.4 Å². The number of esters is 1. The Morgan fingerprint density at radius 1 is 1.12 bits per heavy atom. The van der Waals surface area contributed by atoms with Gasteiger partial charge in [0.1, 0.15) is 11.4 Å². The van der Waals surface area contributed by atoms with Crippen molar-refractivity contribution < 1.29 is 28.9 Å². The number of nitrogens with zero attached hydrogens (tertiary/aromatic N) is 2. The largest absolute Gasteiger partial charge is 0.496 e. The third kappa shape index (κ3) is 5.82. The molecule has 0 spiro atoms. The number of likely N-dealkylation sites (tertiary alicyclic amines) is 1. The highest BCUT2D eigenvalue weighted by Crippen LogP contribution is 2.45. The van der Waals surface area contributed by atoms with E-state index in [-0.39, 0.29) is 6.04 Å². The minimum Gasteiger partial charge on any atom is -0.496 e. The molecule has 2 atom stereocenters. The highest BCUT2D eigenvalue weighted by atomic mass is 32.1. The fraction of sp³-hybridized carbons (Fsp3) is 0.394. The molecule has 1 N–H and O–H groups in total. The van der Waals surface area contributed by atoms with E-state index in [2.05, 4.69) is 4.90 Å². The molecule has 8 nitrogen and oxygen atoms in total. The monoisotopic (exact) mass is 590 g/mol. The van der Waals surface area contributed by atoms with Gasteiger partial charge in [-0.3, -0.25) is 9.47 Å². The van der Waals surface area contributed by atoms with Gasteiger partial charge in [0.25, 0.3) is 0 Å². The zero-order chi connectivity index (χ0) is 30.2. The van der Waals surface area contributed by atoms with E-state index >= 15 is 0 Å². The van der Waals surface area contributed by atoms with Gasteiger partial charge in [-0.1, -0.05) is 12.1 Å². The van der Waals surface area contributed by atoms with Crippen molar-refractivity contribution in [2.45, 2.75) is 64.3 Å². The normalized spacial score (nSPS) is 19.5. The van der Waals surface area contributed by atoms with Crippen molar-refractivity contribution in [1.82, 2.24) is 9.47 Å². The first-order valence-electron chi connectivity index (χ1n) is 14.0. The van der Waals surface area contributed by atoms with Crippen LogP contribution >= 0.6 is 11.3 Å². The molecule has 222 valence electrons. The Bertz CT molecular complexity index is 1590. The lowest BCUT2D eigenvalue weighted by molar-refractivity contribution is -0.0554. The van der Waals surface area contributed by atoms with Crippen LogP contribution < -0.4 is 4.74 Å². The molecule has 3 heterocycles. The summed E-state index contributed by atoms with van der Waals surface area (Å²) in [6, 6.07) is 13.1. The van der Waals surface area contributed by atoms with E-state index in [9.17, 15) is 14.7 Å². The van der Waals surface area contributed by atoms with Crippen LogP contribution in [-0.2, 0) is 21.6 Å². The predicted octanol–water partition coefficient (Wildman–Crippen LogP) is 6.81. The van der Waals surface area contributed by atoms with Crippen molar-refractivity contribution >= 4 is 34.3 Å². The van der Waals surface area contributed by atoms with E-state index in [1.54, 1.807) is 41.3 Å². The molecule has 2 aromatic carbocycles. The Morgan fingerprint density at radius 3 is 2.48 bits per heavy atom. The van der Waals surface area contributed by atoms with E-state index in [1.165, 1.54) is 7.11 Å². The van der Waals surface area contributed by atoms with Crippen LogP contribution in [0.25, 0.3) is 10.9 Å². The number of hydrogen-bond donors (Lipinski definition) is 1. The number of carbonyl (C=O) groups excluding carboxylic acids is 2. The quantitative estimate of drug-likeness (QED) is 0.247. The van der Waals surface area contributed by atoms with Crippen LogP contribution in [-0.4, -0.2) is 53.0 Å². The Kier molecular flexibility index (Phi) is 8.20. The predicted molar refractivity (Wildman–Crippen MR) is 163 cm³/mol. The van der Waals surface area contributed by atoms with Gasteiger partial charge in [0, 0.05) is 42.7 Å². The van der Waals surface area contributed by atoms with Crippen LogP contribution in [0.3, 0.4) is 0 Å². The Morgan fingerprint density at radius 2 is 1.86 bits per heavy atom. The van der Waals surface area contributed by atoms with E-state index in [1.807, 2.05) is 68.8 Å². The molecule has 9 heteroatoms. The minimum absolute atomic E-state index is 0.149. The smallest absolute Gasteiger partial charge is 0.419 e. The van der Waals surface area contributed by atoms with Gasteiger partial charge >= 0.3 is 12.1 Å². The second-order valence-electron chi connectivity index (χ2n) is 11.9. The molecule has 1 unspecified atom stereocenters. The maximum Gasteiger partial charge on any atom is 0.419 e. The molecule has 1 saturated heterocycles. The number of thiophene rings is 1. The number of rotatable bonds is 6. The molecular formula is C33H38N2O6S. The Hall–Kier alpha value is -3.66. The average molecular weight is 591 g/mol. The van der Waals surface area contributed by atoms with Gasteiger partial charge in [0.05, 0.1) is 30.9 Å². The molecule has 0 saturated carbocycles. The van der Waals surface area contributed by atoms with Gasteiger partial charge in [-0.25, -0.2) is 9.59 Å². The lowest BCUT2D eigenvalue weighted by atomic mass is 9.79. The number of methoxy groups -OCH3 is 2. The fourth-order valence-corrected chi connectivity index (χ4v) is 6.63. The maximum atomic E-state index is 13.1. The van der Waals surface area contributed by atoms with Crippen molar-refractivity contribution in [3.63, 3.8) is 0 Å². The topological polar surface area (TPSA) is 90.2 Å². The molecule has 1 aliphatic rings. The van der Waals surface area contributed by atoms with Crippen LogP contribution in [0.5, 0.6) is 5.75 Å². The summed E-state index contributed by atoms with van der Waals surface area (Å²) in [7, 11) is 3.02. The first-order chi connectivity index (χ1) is 19.9. The number of ether oxygens (including phenoxy) is 3.